The third-order valence-electron chi connectivity index (χ3n) is 3.05. The Morgan fingerprint density at radius 2 is 1.82 bits per heavy atom. The van der Waals surface area contributed by atoms with E-state index in [1.165, 1.54) is 19.3 Å². The molecule has 0 saturated carbocycles. The van der Waals surface area contributed by atoms with Gasteiger partial charge in [-0.3, -0.25) is 0 Å². The summed E-state index contributed by atoms with van der Waals surface area (Å²) in [6, 6.07) is 0. The molecule has 2 N–H and O–H groups in total. The van der Waals surface area contributed by atoms with Crippen molar-refractivity contribution in [1.29, 1.82) is 0 Å². The third kappa shape index (κ3) is 2.02. The molecule has 1 aromatic rings. The molecule has 17 heavy (non-hydrogen) atoms. The predicted octanol–water partition coefficient (Wildman–Crippen LogP) is 2.43. The van der Waals surface area contributed by atoms with E-state index in [4.69, 9.17) is 11.6 Å². The van der Waals surface area contributed by atoms with E-state index in [1.54, 1.807) is 6.20 Å². The van der Waals surface area contributed by atoms with Crippen LogP contribution in [0.5, 0.6) is 0 Å². The SMILES string of the molecule is Clc1nc2c(c(N3CCCCC3)n1)NC=CN2. The molecule has 6 heteroatoms. The third-order valence-corrected chi connectivity index (χ3v) is 3.22. The first-order valence-electron chi connectivity index (χ1n) is 5.85. The molecular formula is C11H14ClN5. The number of aromatic nitrogens is 2. The fraction of sp³-hybridized carbons (Fsp3) is 0.455. The molecule has 0 bridgehead atoms. The summed E-state index contributed by atoms with van der Waals surface area (Å²) in [5.41, 5.74) is 0.916. The van der Waals surface area contributed by atoms with Gasteiger partial charge in [-0.25, -0.2) is 0 Å². The first kappa shape index (κ1) is 10.7. The molecular weight excluding hydrogens is 238 g/mol. The molecule has 90 valence electrons. The van der Waals surface area contributed by atoms with Crippen LogP contribution >= 0.6 is 11.6 Å². The molecule has 0 atom stereocenters. The van der Waals surface area contributed by atoms with Crippen LogP contribution in [-0.4, -0.2) is 23.1 Å². The summed E-state index contributed by atoms with van der Waals surface area (Å²) >= 11 is 5.96. The Balaban J connectivity index is 2.00. The number of halogens is 1. The number of fused-ring (bicyclic) bond motifs is 1. The Morgan fingerprint density at radius 1 is 1.06 bits per heavy atom. The summed E-state index contributed by atoms with van der Waals surface area (Å²) in [5.74, 6) is 1.64. The second-order valence-corrected chi connectivity index (χ2v) is 4.55. The Morgan fingerprint density at radius 3 is 2.65 bits per heavy atom. The minimum Gasteiger partial charge on any atom is -0.355 e. The van der Waals surface area contributed by atoms with Crippen molar-refractivity contribution in [1.82, 2.24) is 9.97 Å². The molecule has 0 amide bonds. The van der Waals surface area contributed by atoms with Gasteiger partial charge in [0, 0.05) is 25.5 Å². The summed E-state index contributed by atoms with van der Waals surface area (Å²) in [7, 11) is 0. The quantitative estimate of drug-likeness (QED) is 0.751. The molecule has 0 spiro atoms. The first-order chi connectivity index (χ1) is 8.34. The van der Waals surface area contributed by atoms with E-state index < -0.39 is 0 Å². The van der Waals surface area contributed by atoms with Gasteiger partial charge in [-0.2, -0.15) is 9.97 Å². The molecule has 0 aliphatic carbocycles. The van der Waals surface area contributed by atoms with Gasteiger partial charge in [-0.05, 0) is 30.9 Å². The van der Waals surface area contributed by atoms with Crippen molar-refractivity contribution in [2.45, 2.75) is 19.3 Å². The molecule has 1 aromatic heterocycles. The topological polar surface area (TPSA) is 53.1 Å². The molecule has 5 nitrogen and oxygen atoms in total. The van der Waals surface area contributed by atoms with E-state index in [0.717, 1.165) is 30.4 Å². The zero-order chi connectivity index (χ0) is 11.7. The number of nitrogens with one attached hydrogen (secondary N) is 2. The van der Waals surface area contributed by atoms with Gasteiger partial charge < -0.3 is 15.5 Å². The lowest BCUT2D eigenvalue weighted by Gasteiger charge is -2.30. The zero-order valence-electron chi connectivity index (χ0n) is 9.41. The summed E-state index contributed by atoms with van der Waals surface area (Å²) in [6.45, 7) is 2.07. The summed E-state index contributed by atoms with van der Waals surface area (Å²) < 4.78 is 0. The Bertz CT molecular complexity index is 453. The molecule has 2 aliphatic rings. The van der Waals surface area contributed by atoms with Crippen molar-refractivity contribution in [3.63, 3.8) is 0 Å². The van der Waals surface area contributed by atoms with Crippen molar-refractivity contribution in [2.75, 3.05) is 28.6 Å². The molecule has 1 fully saturated rings. The van der Waals surface area contributed by atoms with Gasteiger partial charge >= 0.3 is 0 Å². The maximum Gasteiger partial charge on any atom is 0.226 e. The monoisotopic (exact) mass is 251 g/mol. The van der Waals surface area contributed by atoms with Crippen LogP contribution in [0.15, 0.2) is 12.4 Å². The Hall–Kier alpha value is -1.49. The van der Waals surface area contributed by atoms with Gasteiger partial charge in [-0.1, -0.05) is 0 Å². The smallest absolute Gasteiger partial charge is 0.226 e. The van der Waals surface area contributed by atoms with Crippen molar-refractivity contribution in [2.24, 2.45) is 0 Å². The number of nitrogens with zero attached hydrogens (tertiary/aromatic N) is 3. The molecule has 0 unspecified atom stereocenters. The zero-order valence-corrected chi connectivity index (χ0v) is 10.2. The van der Waals surface area contributed by atoms with Crippen LogP contribution in [0.25, 0.3) is 0 Å². The van der Waals surface area contributed by atoms with Gasteiger partial charge in [0.15, 0.2) is 11.6 Å². The van der Waals surface area contributed by atoms with E-state index in [9.17, 15) is 0 Å². The van der Waals surface area contributed by atoms with Crippen molar-refractivity contribution >= 4 is 28.9 Å². The number of hydrogen-bond donors (Lipinski definition) is 2. The standard InChI is InChI=1S/C11H14ClN5/c12-11-15-9-8(13-4-5-14-9)10(16-11)17-6-2-1-3-7-17/h4-5,13H,1-3,6-7H2,(H,14,15,16). The number of piperidine rings is 1. The molecule has 1 saturated heterocycles. The lowest BCUT2D eigenvalue weighted by Crippen LogP contribution is -2.31. The van der Waals surface area contributed by atoms with Gasteiger partial charge in [0.25, 0.3) is 0 Å². The average Bonchev–Trinajstić information content (AvgIpc) is 2.39. The Labute approximate surface area is 105 Å². The Kier molecular flexibility index (Phi) is 2.76. The fourth-order valence-corrected chi connectivity index (χ4v) is 2.40. The van der Waals surface area contributed by atoms with Gasteiger partial charge in [0.1, 0.15) is 5.69 Å². The minimum atomic E-state index is 0.286. The maximum atomic E-state index is 5.96. The van der Waals surface area contributed by atoms with Crippen molar-refractivity contribution < 1.29 is 0 Å². The van der Waals surface area contributed by atoms with Gasteiger partial charge in [0.2, 0.25) is 5.28 Å². The van der Waals surface area contributed by atoms with Crippen LogP contribution in [0.2, 0.25) is 5.28 Å². The second-order valence-electron chi connectivity index (χ2n) is 4.21. The molecule has 2 aliphatic heterocycles. The van der Waals surface area contributed by atoms with Gasteiger partial charge in [-0.15, -0.1) is 0 Å². The number of hydrogen-bond acceptors (Lipinski definition) is 5. The van der Waals surface area contributed by atoms with E-state index in [-0.39, 0.29) is 5.28 Å². The maximum absolute atomic E-state index is 5.96. The summed E-state index contributed by atoms with van der Waals surface area (Å²) in [4.78, 5) is 10.8. The minimum absolute atomic E-state index is 0.286. The highest BCUT2D eigenvalue weighted by atomic mass is 35.5. The summed E-state index contributed by atoms with van der Waals surface area (Å²) in [5, 5.41) is 6.55. The van der Waals surface area contributed by atoms with E-state index >= 15 is 0 Å². The van der Waals surface area contributed by atoms with Gasteiger partial charge in [0.05, 0.1) is 0 Å². The predicted molar refractivity (Wildman–Crippen MR) is 69.5 cm³/mol. The van der Waals surface area contributed by atoms with Crippen molar-refractivity contribution in [3.05, 3.63) is 17.7 Å². The lowest BCUT2D eigenvalue weighted by atomic mass is 10.1. The highest BCUT2D eigenvalue weighted by Gasteiger charge is 2.21. The van der Waals surface area contributed by atoms with Crippen LogP contribution in [0.3, 0.4) is 0 Å². The second kappa shape index (κ2) is 4.41. The van der Waals surface area contributed by atoms with Crippen LogP contribution < -0.4 is 15.5 Å². The first-order valence-corrected chi connectivity index (χ1v) is 6.23. The fourth-order valence-electron chi connectivity index (χ4n) is 2.24. The average molecular weight is 252 g/mol. The van der Waals surface area contributed by atoms with Crippen molar-refractivity contribution in [3.8, 4) is 0 Å². The lowest BCUT2D eigenvalue weighted by molar-refractivity contribution is 0.573. The molecule has 0 radical (unpaired) electrons. The van der Waals surface area contributed by atoms with Crippen LogP contribution in [-0.2, 0) is 0 Å². The normalized spacial score (nSPS) is 18.3. The van der Waals surface area contributed by atoms with E-state index in [0.29, 0.717) is 0 Å². The highest BCUT2D eigenvalue weighted by molar-refractivity contribution is 6.28. The number of anilines is 3. The van der Waals surface area contributed by atoms with Crippen LogP contribution in [0, 0.1) is 0 Å². The van der Waals surface area contributed by atoms with Crippen LogP contribution in [0.1, 0.15) is 19.3 Å². The van der Waals surface area contributed by atoms with E-state index in [2.05, 4.69) is 25.5 Å². The molecule has 0 aromatic carbocycles. The highest BCUT2D eigenvalue weighted by Crippen LogP contribution is 2.34. The molecule has 3 rings (SSSR count). The van der Waals surface area contributed by atoms with Crippen LogP contribution in [0.4, 0.5) is 17.3 Å². The van der Waals surface area contributed by atoms with E-state index in [1.807, 2.05) is 6.20 Å². The summed E-state index contributed by atoms with van der Waals surface area (Å²) in [6.07, 6.45) is 7.35. The largest absolute Gasteiger partial charge is 0.355 e. The number of rotatable bonds is 1. The molecule has 3 heterocycles.